The average Bonchev–Trinajstić information content (AvgIpc) is 2.91. The summed E-state index contributed by atoms with van der Waals surface area (Å²) in [6.07, 6.45) is 1.35. The predicted octanol–water partition coefficient (Wildman–Crippen LogP) is 4.33. The van der Waals surface area contributed by atoms with Crippen LogP contribution in [0.3, 0.4) is 0 Å². The van der Waals surface area contributed by atoms with Crippen molar-refractivity contribution in [1.29, 1.82) is 0 Å². The molecule has 0 saturated carbocycles. The number of hydrogen-bond acceptors (Lipinski definition) is 4. The van der Waals surface area contributed by atoms with E-state index in [-0.39, 0.29) is 11.4 Å². The Bertz CT molecular complexity index is 865. The zero-order chi connectivity index (χ0) is 15.1. The number of fused-ring (bicyclic) bond motifs is 1. The minimum atomic E-state index is -0.425. The molecule has 1 aromatic carbocycles. The van der Waals surface area contributed by atoms with Crippen LogP contribution in [0.2, 0.25) is 0 Å². The van der Waals surface area contributed by atoms with Crippen molar-refractivity contribution in [2.45, 2.75) is 20.8 Å². The lowest BCUT2D eigenvalue weighted by Gasteiger charge is -2.10. The number of rotatable bonds is 2. The molecule has 0 saturated heterocycles. The van der Waals surface area contributed by atoms with Gasteiger partial charge in [0.1, 0.15) is 0 Å². The third-order valence-corrected chi connectivity index (χ3v) is 3.58. The van der Waals surface area contributed by atoms with Crippen molar-refractivity contribution in [3.8, 4) is 11.3 Å². The van der Waals surface area contributed by atoms with Crippen LogP contribution in [-0.2, 0) is 0 Å². The van der Waals surface area contributed by atoms with E-state index in [0.717, 1.165) is 33.3 Å². The molecule has 5 heteroatoms. The lowest BCUT2D eigenvalue weighted by atomic mass is 9.98. The van der Waals surface area contributed by atoms with E-state index in [1.165, 1.54) is 12.3 Å². The van der Waals surface area contributed by atoms with Crippen molar-refractivity contribution in [1.82, 2.24) is 4.98 Å². The minimum absolute atomic E-state index is 0.0252. The molecule has 0 aliphatic rings. The van der Waals surface area contributed by atoms with Crippen LogP contribution in [0.5, 0.6) is 0 Å². The Morgan fingerprint density at radius 2 is 1.86 bits per heavy atom. The van der Waals surface area contributed by atoms with Gasteiger partial charge in [0.05, 0.1) is 22.8 Å². The topological polar surface area (TPSA) is 69.2 Å². The van der Waals surface area contributed by atoms with Crippen LogP contribution in [0.1, 0.15) is 16.8 Å². The molecule has 5 nitrogen and oxygen atoms in total. The van der Waals surface area contributed by atoms with Crippen molar-refractivity contribution in [3.05, 3.63) is 57.5 Å². The SMILES string of the molecule is Cc1cc(-c2occc2[N+](=O)[O-])c2c(C)ccc(C)c2n1. The normalized spacial score (nSPS) is 11.0. The molecule has 0 fully saturated rings. The van der Waals surface area contributed by atoms with Gasteiger partial charge in [-0.2, -0.15) is 0 Å². The Balaban J connectivity index is 2.45. The number of furan rings is 1. The van der Waals surface area contributed by atoms with Crippen LogP contribution in [-0.4, -0.2) is 9.91 Å². The molecule has 0 radical (unpaired) electrons. The highest BCUT2D eigenvalue weighted by Gasteiger charge is 2.22. The standard InChI is InChI=1S/C16H14N2O3/c1-9-4-5-10(2)15-14(9)12(8-11(3)17-15)16-13(18(19)20)6-7-21-16/h4-8H,1-3H3. The minimum Gasteiger partial charge on any atom is -0.457 e. The summed E-state index contributed by atoms with van der Waals surface area (Å²) in [6, 6.07) is 7.21. The van der Waals surface area contributed by atoms with Gasteiger partial charge in [0, 0.05) is 16.6 Å². The van der Waals surface area contributed by atoms with Gasteiger partial charge < -0.3 is 4.42 Å². The second-order valence-electron chi connectivity index (χ2n) is 5.13. The highest BCUT2D eigenvalue weighted by Crippen LogP contribution is 2.37. The van der Waals surface area contributed by atoms with Crippen LogP contribution < -0.4 is 0 Å². The first-order chi connectivity index (χ1) is 9.99. The van der Waals surface area contributed by atoms with Gasteiger partial charge in [0.15, 0.2) is 0 Å². The number of nitrogens with zero attached hydrogens (tertiary/aromatic N) is 2. The fraction of sp³-hybridized carbons (Fsp3) is 0.188. The van der Waals surface area contributed by atoms with Crippen LogP contribution in [0.25, 0.3) is 22.2 Å². The first-order valence-corrected chi connectivity index (χ1v) is 6.59. The van der Waals surface area contributed by atoms with E-state index in [1.807, 2.05) is 39.0 Å². The van der Waals surface area contributed by atoms with E-state index < -0.39 is 4.92 Å². The van der Waals surface area contributed by atoms with Crippen molar-refractivity contribution in [2.75, 3.05) is 0 Å². The zero-order valence-corrected chi connectivity index (χ0v) is 12.0. The predicted molar refractivity (Wildman–Crippen MR) is 80.3 cm³/mol. The van der Waals surface area contributed by atoms with Crippen LogP contribution in [0, 0.1) is 30.9 Å². The quantitative estimate of drug-likeness (QED) is 0.518. The summed E-state index contributed by atoms with van der Waals surface area (Å²) in [4.78, 5) is 15.3. The summed E-state index contributed by atoms with van der Waals surface area (Å²) in [5.41, 5.74) is 4.41. The second-order valence-corrected chi connectivity index (χ2v) is 5.13. The van der Waals surface area contributed by atoms with E-state index in [2.05, 4.69) is 4.98 Å². The van der Waals surface area contributed by atoms with E-state index in [4.69, 9.17) is 4.42 Å². The summed E-state index contributed by atoms with van der Waals surface area (Å²) < 4.78 is 5.40. The molecule has 106 valence electrons. The summed E-state index contributed by atoms with van der Waals surface area (Å²) in [5.74, 6) is 0.282. The first kappa shape index (κ1) is 13.3. The van der Waals surface area contributed by atoms with Gasteiger partial charge in [-0.15, -0.1) is 0 Å². The van der Waals surface area contributed by atoms with E-state index in [0.29, 0.717) is 0 Å². The molecule has 3 rings (SSSR count). The summed E-state index contributed by atoms with van der Waals surface area (Å²) in [7, 11) is 0. The molecule has 0 aliphatic carbocycles. The van der Waals surface area contributed by atoms with E-state index >= 15 is 0 Å². The Morgan fingerprint density at radius 1 is 1.14 bits per heavy atom. The summed E-state index contributed by atoms with van der Waals surface area (Å²) in [5, 5.41) is 12.1. The van der Waals surface area contributed by atoms with Gasteiger partial charge in [0.2, 0.25) is 5.76 Å². The van der Waals surface area contributed by atoms with Gasteiger partial charge >= 0.3 is 5.69 Å². The first-order valence-electron chi connectivity index (χ1n) is 6.59. The summed E-state index contributed by atoms with van der Waals surface area (Å²) in [6.45, 7) is 5.82. The Labute approximate surface area is 121 Å². The Morgan fingerprint density at radius 3 is 2.57 bits per heavy atom. The maximum absolute atomic E-state index is 11.2. The molecular weight excluding hydrogens is 268 g/mol. The molecule has 21 heavy (non-hydrogen) atoms. The Kier molecular flexibility index (Phi) is 2.97. The smallest absolute Gasteiger partial charge is 0.315 e. The molecule has 0 unspecified atom stereocenters. The number of benzene rings is 1. The number of aryl methyl sites for hydroxylation is 3. The van der Waals surface area contributed by atoms with Crippen molar-refractivity contribution >= 4 is 16.6 Å². The molecule has 3 aromatic rings. The maximum Gasteiger partial charge on any atom is 0.315 e. The number of nitro groups is 1. The highest BCUT2D eigenvalue weighted by molar-refractivity contribution is 5.98. The number of hydrogen-bond donors (Lipinski definition) is 0. The lowest BCUT2D eigenvalue weighted by Crippen LogP contribution is -1.95. The van der Waals surface area contributed by atoms with Gasteiger partial charge in [-0.25, -0.2) is 0 Å². The maximum atomic E-state index is 11.2. The van der Waals surface area contributed by atoms with Crippen molar-refractivity contribution in [3.63, 3.8) is 0 Å². The third-order valence-electron chi connectivity index (χ3n) is 3.58. The van der Waals surface area contributed by atoms with Crippen LogP contribution in [0.15, 0.2) is 34.9 Å². The van der Waals surface area contributed by atoms with Crippen molar-refractivity contribution < 1.29 is 9.34 Å². The molecule has 0 N–H and O–H groups in total. The highest BCUT2D eigenvalue weighted by atomic mass is 16.6. The zero-order valence-electron chi connectivity index (χ0n) is 12.0. The largest absolute Gasteiger partial charge is 0.457 e. The molecule has 2 heterocycles. The molecule has 0 amide bonds. The monoisotopic (exact) mass is 282 g/mol. The third kappa shape index (κ3) is 2.07. The molecule has 2 aromatic heterocycles. The Hall–Kier alpha value is -2.69. The van der Waals surface area contributed by atoms with Gasteiger partial charge in [-0.1, -0.05) is 12.1 Å². The fourth-order valence-electron chi connectivity index (χ4n) is 2.60. The molecule has 0 atom stereocenters. The van der Waals surface area contributed by atoms with Crippen LogP contribution >= 0.6 is 0 Å². The average molecular weight is 282 g/mol. The molecule has 0 spiro atoms. The fourth-order valence-corrected chi connectivity index (χ4v) is 2.60. The molecule has 0 bridgehead atoms. The van der Waals surface area contributed by atoms with E-state index in [1.54, 1.807) is 0 Å². The number of pyridine rings is 1. The summed E-state index contributed by atoms with van der Waals surface area (Å²) >= 11 is 0. The van der Waals surface area contributed by atoms with Gasteiger partial charge in [-0.05, 0) is 38.0 Å². The van der Waals surface area contributed by atoms with Gasteiger partial charge in [-0.3, -0.25) is 15.1 Å². The molecule has 0 aliphatic heterocycles. The van der Waals surface area contributed by atoms with Crippen LogP contribution in [0.4, 0.5) is 5.69 Å². The van der Waals surface area contributed by atoms with E-state index in [9.17, 15) is 10.1 Å². The number of aromatic nitrogens is 1. The second kappa shape index (κ2) is 4.70. The van der Waals surface area contributed by atoms with Crippen molar-refractivity contribution in [2.24, 2.45) is 0 Å². The molecular formula is C16H14N2O3. The van der Waals surface area contributed by atoms with Gasteiger partial charge in [0.25, 0.3) is 0 Å². The lowest BCUT2D eigenvalue weighted by molar-refractivity contribution is -0.384.